The minimum atomic E-state index is 0.108. The fourth-order valence-corrected chi connectivity index (χ4v) is 2.92. The molecule has 0 aliphatic rings. The van der Waals surface area contributed by atoms with Crippen LogP contribution >= 0.6 is 11.3 Å². The number of amides is 1. The van der Waals surface area contributed by atoms with E-state index in [0.29, 0.717) is 13.0 Å². The molecule has 0 aliphatic carbocycles. The Balaban J connectivity index is 2.42. The summed E-state index contributed by atoms with van der Waals surface area (Å²) >= 11 is 1.73. The Morgan fingerprint density at radius 3 is 2.74 bits per heavy atom. The number of carbonyl (C=O) groups excluding carboxylic acids is 1. The Bertz CT molecular complexity index is 365. The number of hydrogen-bond donors (Lipinski definition) is 2. The van der Waals surface area contributed by atoms with E-state index in [9.17, 15) is 4.79 Å². The van der Waals surface area contributed by atoms with Crippen molar-refractivity contribution in [3.05, 3.63) is 22.4 Å². The summed E-state index contributed by atoms with van der Waals surface area (Å²) in [4.78, 5) is 15.3. The van der Waals surface area contributed by atoms with Crippen molar-refractivity contribution in [3.8, 4) is 0 Å². The number of hydrogen-bond acceptors (Lipinski definition) is 4. The predicted molar refractivity (Wildman–Crippen MR) is 81.5 cm³/mol. The Morgan fingerprint density at radius 1 is 1.47 bits per heavy atom. The molecule has 2 unspecified atom stereocenters. The SMILES string of the molecule is CCNC(C)CC(=O)NCC(c1cccs1)N(C)C. The van der Waals surface area contributed by atoms with Crippen molar-refractivity contribution in [1.82, 2.24) is 15.5 Å². The van der Waals surface area contributed by atoms with E-state index in [1.165, 1.54) is 4.88 Å². The van der Waals surface area contributed by atoms with Gasteiger partial charge in [0.1, 0.15) is 0 Å². The molecule has 0 saturated heterocycles. The molecule has 0 aromatic carbocycles. The summed E-state index contributed by atoms with van der Waals surface area (Å²) in [7, 11) is 4.08. The second-order valence-electron chi connectivity index (χ2n) is 4.96. The van der Waals surface area contributed by atoms with Gasteiger partial charge in [0, 0.05) is 23.9 Å². The summed E-state index contributed by atoms with van der Waals surface area (Å²) in [5.41, 5.74) is 0. The fraction of sp³-hybridized carbons (Fsp3) is 0.643. The predicted octanol–water partition coefficient (Wildman–Crippen LogP) is 1.86. The van der Waals surface area contributed by atoms with Crippen LogP contribution in [0.25, 0.3) is 0 Å². The minimum Gasteiger partial charge on any atom is -0.354 e. The Labute approximate surface area is 120 Å². The van der Waals surface area contributed by atoms with Crippen LogP contribution in [0.5, 0.6) is 0 Å². The average Bonchev–Trinajstić information content (AvgIpc) is 2.82. The molecule has 2 atom stereocenters. The highest BCUT2D eigenvalue weighted by Crippen LogP contribution is 2.22. The van der Waals surface area contributed by atoms with Crippen molar-refractivity contribution in [1.29, 1.82) is 0 Å². The van der Waals surface area contributed by atoms with Crippen molar-refractivity contribution in [2.75, 3.05) is 27.2 Å². The van der Waals surface area contributed by atoms with E-state index in [1.807, 2.05) is 34.0 Å². The molecular formula is C14H25N3OS. The molecule has 108 valence electrons. The van der Waals surface area contributed by atoms with E-state index in [2.05, 4.69) is 27.0 Å². The molecule has 1 aromatic rings. The first-order chi connectivity index (χ1) is 9.04. The van der Waals surface area contributed by atoms with Crippen molar-refractivity contribution in [2.24, 2.45) is 0 Å². The molecule has 0 radical (unpaired) electrons. The van der Waals surface area contributed by atoms with Crippen LogP contribution in [-0.4, -0.2) is 44.0 Å². The first-order valence-electron chi connectivity index (χ1n) is 6.74. The number of thiophene rings is 1. The summed E-state index contributed by atoms with van der Waals surface area (Å²) < 4.78 is 0. The second kappa shape index (κ2) is 8.30. The van der Waals surface area contributed by atoms with Crippen molar-refractivity contribution in [3.63, 3.8) is 0 Å². The van der Waals surface area contributed by atoms with Crippen LogP contribution in [0.2, 0.25) is 0 Å². The van der Waals surface area contributed by atoms with E-state index in [4.69, 9.17) is 0 Å². The lowest BCUT2D eigenvalue weighted by Crippen LogP contribution is -2.37. The van der Waals surface area contributed by atoms with Crippen LogP contribution in [0.1, 0.15) is 31.2 Å². The zero-order valence-electron chi connectivity index (χ0n) is 12.3. The molecule has 1 rings (SSSR count). The van der Waals surface area contributed by atoms with Gasteiger partial charge >= 0.3 is 0 Å². The van der Waals surface area contributed by atoms with Gasteiger partial charge in [0.05, 0.1) is 6.04 Å². The van der Waals surface area contributed by atoms with Gasteiger partial charge in [-0.15, -0.1) is 11.3 Å². The number of carbonyl (C=O) groups is 1. The third-order valence-electron chi connectivity index (χ3n) is 3.03. The third kappa shape index (κ3) is 5.72. The van der Waals surface area contributed by atoms with Crippen LogP contribution in [0.3, 0.4) is 0 Å². The minimum absolute atomic E-state index is 0.108. The van der Waals surface area contributed by atoms with E-state index in [0.717, 1.165) is 6.54 Å². The monoisotopic (exact) mass is 283 g/mol. The maximum absolute atomic E-state index is 11.9. The van der Waals surface area contributed by atoms with E-state index in [1.54, 1.807) is 11.3 Å². The smallest absolute Gasteiger partial charge is 0.221 e. The molecule has 0 bridgehead atoms. The molecule has 0 spiro atoms. The molecular weight excluding hydrogens is 258 g/mol. The molecule has 5 heteroatoms. The van der Waals surface area contributed by atoms with Gasteiger partial charge in [0.15, 0.2) is 0 Å². The lowest BCUT2D eigenvalue weighted by Gasteiger charge is -2.24. The van der Waals surface area contributed by atoms with Crippen LogP contribution in [-0.2, 0) is 4.79 Å². The standard InChI is InChI=1S/C14H25N3OS/c1-5-15-11(2)9-14(18)16-10-12(17(3)4)13-7-6-8-19-13/h6-8,11-12,15H,5,9-10H2,1-4H3,(H,16,18). The molecule has 1 aromatic heterocycles. The van der Waals surface area contributed by atoms with Gasteiger partial charge < -0.3 is 15.5 Å². The van der Waals surface area contributed by atoms with E-state index < -0.39 is 0 Å². The van der Waals surface area contributed by atoms with Crippen LogP contribution < -0.4 is 10.6 Å². The van der Waals surface area contributed by atoms with Gasteiger partial charge in [0.2, 0.25) is 5.91 Å². The highest BCUT2D eigenvalue weighted by atomic mass is 32.1. The van der Waals surface area contributed by atoms with Gasteiger partial charge in [-0.1, -0.05) is 13.0 Å². The number of rotatable bonds is 8. The summed E-state index contributed by atoms with van der Waals surface area (Å²) in [6, 6.07) is 4.64. The number of nitrogens with one attached hydrogen (secondary N) is 2. The van der Waals surface area contributed by atoms with Crippen molar-refractivity contribution in [2.45, 2.75) is 32.4 Å². The summed E-state index contributed by atoms with van der Waals surface area (Å²) in [5.74, 6) is 0.108. The lowest BCUT2D eigenvalue weighted by atomic mass is 10.2. The molecule has 1 heterocycles. The third-order valence-corrected chi connectivity index (χ3v) is 4.01. The van der Waals surface area contributed by atoms with Crippen molar-refractivity contribution < 1.29 is 4.79 Å². The lowest BCUT2D eigenvalue weighted by molar-refractivity contribution is -0.121. The summed E-state index contributed by atoms with van der Waals surface area (Å²) in [5, 5.41) is 8.34. The first kappa shape index (κ1) is 16.1. The van der Waals surface area contributed by atoms with E-state index >= 15 is 0 Å². The molecule has 19 heavy (non-hydrogen) atoms. The molecule has 2 N–H and O–H groups in total. The number of nitrogens with zero attached hydrogens (tertiary/aromatic N) is 1. The van der Waals surface area contributed by atoms with Gasteiger partial charge in [-0.2, -0.15) is 0 Å². The van der Waals surface area contributed by atoms with E-state index in [-0.39, 0.29) is 18.0 Å². The first-order valence-corrected chi connectivity index (χ1v) is 7.62. The van der Waals surface area contributed by atoms with Crippen molar-refractivity contribution >= 4 is 17.2 Å². The zero-order chi connectivity index (χ0) is 14.3. The van der Waals surface area contributed by atoms with Crippen LogP contribution in [0.4, 0.5) is 0 Å². The number of likely N-dealkylation sites (N-methyl/N-ethyl adjacent to an activating group) is 1. The summed E-state index contributed by atoms with van der Waals surface area (Å²) in [6.45, 7) is 5.63. The van der Waals surface area contributed by atoms with Crippen LogP contribution in [0.15, 0.2) is 17.5 Å². The van der Waals surface area contributed by atoms with Gasteiger partial charge in [-0.3, -0.25) is 4.79 Å². The largest absolute Gasteiger partial charge is 0.354 e. The van der Waals surface area contributed by atoms with Gasteiger partial charge in [-0.05, 0) is 39.0 Å². The van der Waals surface area contributed by atoms with Crippen LogP contribution in [0, 0.1) is 0 Å². The Kier molecular flexibility index (Phi) is 7.05. The summed E-state index contributed by atoms with van der Waals surface area (Å²) in [6.07, 6.45) is 0.526. The molecule has 1 amide bonds. The normalized spacial score (nSPS) is 14.4. The fourth-order valence-electron chi connectivity index (χ4n) is 2.00. The quantitative estimate of drug-likeness (QED) is 0.765. The second-order valence-corrected chi connectivity index (χ2v) is 5.94. The topological polar surface area (TPSA) is 44.4 Å². The Hall–Kier alpha value is -0.910. The molecule has 0 saturated carbocycles. The highest BCUT2D eigenvalue weighted by Gasteiger charge is 2.16. The average molecular weight is 283 g/mol. The molecule has 0 aliphatic heterocycles. The maximum Gasteiger partial charge on any atom is 0.221 e. The zero-order valence-corrected chi connectivity index (χ0v) is 13.1. The maximum atomic E-state index is 11.9. The highest BCUT2D eigenvalue weighted by molar-refractivity contribution is 7.10. The molecule has 4 nitrogen and oxygen atoms in total. The van der Waals surface area contributed by atoms with Gasteiger partial charge in [-0.25, -0.2) is 0 Å². The molecule has 0 fully saturated rings. The van der Waals surface area contributed by atoms with Gasteiger partial charge in [0.25, 0.3) is 0 Å². The Morgan fingerprint density at radius 2 is 2.21 bits per heavy atom.